The third-order valence-corrected chi connectivity index (χ3v) is 5.16. The minimum absolute atomic E-state index is 0.343. The van der Waals surface area contributed by atoms with Gasteiger partial charge in [-0.2, -0.15) is 5.10 Å². The molecule has 5 nitrogen and oxygen atoms in total. The minimum Gasteiger partial charge on any atom is -0.497 e. The van der Waals surface area contributed by atoms with Crippen molar-refractivity contribution in [2.75, 3.05) is 7.11 Å². The molecule has 2 heterocycles. The summed E-state index contributed by atoms with van der Waals surface area (Å²) in [7, 11) is 1.57. The van der Waals surface area contributed by atoms with Gasteiger partial charge >= 0.3 is 5.97 Å². The van der Waals surface area contributed by atoms with E-state index in [1.165, 1.54) is 23.5 Å². The van der Waals surface area contributed by atoms with Crippen LogP contribution in [0.5, 0.6) is 11.5 Å². The van der Waals surface area contributed by atoms with Crippen molar-refractivity contribution in [2.24, 2.45) is 0 Å². The van der Waals surface area contributed by atoms with Gasteiger partial charge in [0.2, 0.25) is 0 Å². The predicted octanol–water partition coefficient (Wildman–Crippen LogP) is 4.76. The van der Waals surface area contributed by atoms with Crippen LogP contribution < -0.4 is 9.47 Å². The van der Waals surface area contributed by atoms with Gasteiger partial charge in [0, 0.05) is 5.39 Å². The van der Waals surface area contributed by atoms with Crippen LogP contribution in [0.4, 0.5) is 4.39 Å². The molecule has 7 heteroatoms. The van der Waals surface area contributed by atoms with E-state index in [0.717, 1.165) is 15.9 Å². The van der Waals surface area contributed by atoms with Gasteiger partial charge in [0.25, 0.3) is 0 Å². The van der Waals surface area contributed by atoms with Crippen molar-refractivity contribution < 1.29 is 18.7 Å². The smallest absolute Gasteiger partial charge is 0.353 e. The molecule has 0 saturated heterocycles. The lowest BCUT2D eigenvalue weighted by Crippen LogP contribution is -2.06. The van der Waals surface area contributed by atoms with Crippen LogP contribution in [0.15, 0.2) is 54.6 Å². The molecule has 0 saturated carbocycles. The molecule has 0 N–H and O–H groups in total. The lowest BCUT2D eigenvalue weighted by Gasteiger charge is -2.04. The fraction of sp³-hybridized carbons (Fsp3) is 0.100. The van der Waals surface area contributed by atoms with Crippen LogP contribution in [0.3, 0.4) is 0 Å². The summed E-state index contributed by atoms with van der Waals surface area (Å²) in [5.41, 5.74) is 1.36. The summed E-state index contributed by atoms with van der Waals surface area (Å²) in [5.74, 6) is 0.320. The van der Waals surface area contributed by atoms with E-state index in [9.17, 15) is 9.18 Å². The molecular formula is C20H15FN2O3S. The quantitative estimate of drug-likeness (QED) is 0.377. The Balaban J connectivity index is 1.66. The van der Waals surface area contributed by atoms with Crippen LogP contribution in [0.1, 0.15) is 15.4 Å². The lowest BCUT2D eigenvalue weighted by atomic mass is 10.3. The summed E-state index contributed by atoms with van der Waals surface area (Å²) in [6.07, 6.45) is 0. The van der Waals surface area contributed by atoms with Gasteiger partial charge in [-0.05, 0) is 55.5 Å². The molecule has 0 atom stereocenters. The van der Waals surface area contributed by atoms with Crippen LogP contribution in [-0.4, -0.2) is 22.9 Å². The first-order valence-electron chi connectivity index (χ1n) is 8.16. The molecule has 0 spiro atoms. The number of benzene rings is 2. The zero-order valence-electron chi connectivity index (χ0n) is 14.6. The van der Waals surface area contributed by atoms with Gasteiger partial charge in [-0.3, -0.25) is 0 Å². The number of carbonyl (C=O) groups excluding carboxylic acids is 1. The Morgan fingerprint density at radius 3 is 2.56 bits per heavy atom. The Morgan fingerprint density at radius 1 is 1.11 bits per heavy atom. The van der Waals surface area contributed by atoms with E-state index in [4.69, 9.17) is 9.47 Å². The van der Waals surface area contributed by atoms with Gasteiger partial charge < -0.3 is 9.47 Å². The summed E-state index contributed by atoms with van der Waals surface area (Å²) in [5, 5.41) is 5.30. The van der Waals surface area contributed by atoms with E-state index in [1.807, 2.05) is 6.92 Å². The summed E-state index contributed by atoms with van der Waals surface area (Å²) < 4.78 is 25.7. The number of nitrogens with zero attached hydrogens (tertiary/aromatic N) is 2. The largest absolute Gasteiger partial charge is 0.497 e. The van der Waals surface area contributed by atoms with Gasteiger partial charge in [0.1, 0.15) is 27.0 Å². The normalized spacial score (nSPS) is 10.9. The van der Waals surface area contributed by atoms with Crippen LogP contribution in [0.25, 0.3) is 15.9 Å². The molecule has 136 valence electrons. The van der Waals surface area contributed by atoms with E-state index in [2.05, 4.69) is 5.10 Å². The van der Waals surface area contributed by atoms with Crippen molar-refractivity contribution in [1.29, 1.82) is 0 Å². The van der Waals surface area contributed by atoms with Crippen LogP contribution in [0, 0.1) is 12.7 Å². The number of hydrogen-bond acceptors (Lipinski definition) is 5. The maximum absolute atomic E-state index is 13.6. The number of aryl methyl sites for hydroxylation is 1. The lowest BCUT2D eigenvalue weighted by molar-refractivity contribution is 0.0740. The zero-order chi connectivity index (χ0) is 19.0. The summed E-state index contributed by atoms with van der Waals surface area (Å²) in [6, 6.07) is 14.7. The molecule has 2 aromatic carbocycles. The SMILES string of the molecule is COc1ccc(OC(=O)c2cc3c(C)nn(-c4cccc(F)c4)c3s2)cc1. The highest BCUT2D eigenvalue weighted by Crippen LogP contribution is 2.31. The van der Waals surface area contributed by atoms with Crippen LogP contribution in [-0.2, 0) is 0 Å². The van der Waals surface area contributed by atoms with Crippen molar-refractivity contribution in [3.05, 3.63) is 71.0 Å². The van der Waals surface area contributed by atoms with E-state index >= 15 is 0 Å². The third-order valence-electron chi connectivity index (χ3n) is 4.07. The number of aromatic nitrogens is 2. The highest BCUT2D eigenvalue weighted by molar-refractivity contribution is 7.20. The standard InChI is InChI=1S/C20H15FN2O3S/c1-12-17-11-18(20(24)26-16-8-6-15(25-2)7-9-16)27-19(17)23(22-12)14-5-3-4-13(21)10-14/h3-11H,1-2H3. The summed E-state index contributed by atoms with van der Waals surface area (Å²) in [4.78, 5) is 13.7. The van der Waals surface area contributed by atoms with Crippen molar-refractivity contribution in [3.63, 3.8) is 0 Å². The van der Waals surface area contributed by atoms with Gasteiger partial charge in [0.15, 0.2) is 0 Å². The molecule has 0 aliphatic rings. The van der Waals surface area contributed by atoms with Gasteiger partial charge in [0.05, 0.1) is 18.5 Å². The molecule has 2 aromatic heterocycles. The summed E-state index contributed by atoms with van der Waals surface area (Å²) >= 11 is 1.26. The molecule has 0 fully saturated rings. The number of ether oxygens (including phenoxy) is 2. The Hall–Kier alpha value is -3.19. The van der Waals surface area contributed by atoms with E-state index in [1.54, 1.807) is 54.3 Å². The number of carbonyl (C=O) groups is 1. The number of rotatable bonds is 4. The second-order valence-electron chi connectivity index (χ2n) is 5.87. The Labute approximate surface area is 158 Å². The van der Waals surface area contributed by atoms with Gasteiger partial charge in [-0.15, -0.1) is 11.3 Å². The molecule has 0 bridgehead atoms. The van der Waals surface area contributed by atoms with Crippen molar-refractivity contribution in [2.45, 2.75) is 6.92 Å². The first kappa shape index (κ1) is 17.2. The van der Waals surface area contributed by atoms with Gasteiger partial charge in [-0.25, -0.2) is 13.9 Å². The predicted molar refractivity (Wildman–Crippen MR) is 102 cm³/mol. The first-order valence-corrected chi connectivity index (χ1v) is 8.98. The highest BCUT2D eigenvalue weighted by Gasteiger charge is 2.19. The molecule has 0 unspecified atom stereocenters. The van der Waals surface area contributed by atoms with Gasteiger partial charge in [-0.1, -0.05) is 6.07 Å². The number of fused-ring (bicyclic) bond motifs is 1. The van der Waals surface area contributed by atoms with E-state index in [0.29, 0.717) is 22.1 Å². The molecular weight excluding hydrogens is 367 g/mol. The summed E-state index contributed by atoms with van der Waals surface area (Å²) in [6.45, 7) is 1.85. The highest BCUT2D eigenvalue weighted by atomic mass is 32.1. The average Bonchev–Trinajstić information content (AvgIpc) is 3.23. The molecule has 27 heavy (non-hydrogen) atoms. The number of thiophene rings is 1. The third kappa shape index (κ3) is 3.29. The fourth-order valence-electron chi connectivity index (χ4n) is 2.73. The Morgan fingerprint density at radius 2 is 1.85 bits per heavy atom. The minimum atomic E-state index is -0.452. The molecule has 0 aliphatic heterocycles. The average molecular weight is 382 g/mol. The second kappa shape index (κ2) is 6.85. The number of hydrogen-bond donors (Lipinski definition) is 0. The Kier molecular flexibility index (Phi) is 4.37. The number of halogens is 1. The van der Waals surface area contributed by atoms with E-state index in [-0.39, 0.29) is 5.82 Å². The Bertz CT molecular complexity index is 1130. The van der Waals surface area contributed by atoms with Crippen LogP contribution >= 0.6 is 11.3 Å². The molecule has 0 radical (unpaired) electrons. The van der Waals surface area contributed by atoms with E-state index < -0.39 is 5.97 Å². The van der Waals surface area contributed by atoms with Crippen molar-refractivity contribution in [3.8, 4) is 17.2 Å². The molecule has 4 rings (SSSR count). The fourth-order valence-corrected chi connectivity index (χ4v) is 3.79. The maximum atomic E-state index is 13.6. The molecule has 4 aromatic rings. The first-order chi connectivity index (χ1) is 13.0. The van der Waals surface area contributed by atoms with Crippen LogP contribution in [0.2, 0.25) is 0 Å². The number of methoxy groups -OCH3 is 1. The molecule has 0 amide bonds. The topological polar surface area (TPSA) is 53.4 Å². The van der Waals surface area contributed by atoms with Crippen molar-refractivity contribution >= 4 is 27.5 Å². The second-order valence-corrected chi connectivity index (χ2v) is 6.90. The molecule has 0 aliphatic carbocycles. The zero-order valence-corrected chi connectivity index (χ0v) is 15.4. The van der Waals surface area contributed by atoms with Crippen molar-refractivity contribution in [1.82, 2.24) is 9.78 Å². The monoisotopic (exact) mass is 382 g/mol. The number of esters is 1. The maximum Gasteiger partial charge on any atom is 0.353 e.